The van der Waals surface area contributed by atoms with Crippen LogP contribution < -0.4 is 4.74 Å². The Morgan fingerprint density at radius 2 is 1.81 bits per heavy atom. The minimum Gasteiger partial charge on any atom is -0.488 e. The van der Waals surface area contributed by atoms with Crippen molar-refractivity contribution in [3.05, 3.63) is 65.7 Å². The van der Waals surface area contributed by atoms with E-state index in [1.165, 1.54) is 0 Å². The Morgan fingerprint density at radius 3 is 2.59 bits per heavy atom. The van der Waals surface area contributed by atoms with Gasteiger partial charge in [-0.1, -0.05) is 42.5 Å². The predicted octanol–water partition coefficient (Wildman–Crippen LogP) is 3.98. The molecule has 0 unspecified atom stereocenters. The van der Waals surface area contributed by atoms with E-state index in [4.69, 9.17) is 9.84 Å². The number of nitrogens with zero attached hydrogens (tertiary/aromatic N) is 1. The van der Waals surface area contributed by atoms with Crippen LogP contribution in [-0.2, 0) is 11.4 Å². The molecule has 0 aromatic heterocycles. The number of carboxylic acids is 1. The van der Waals surface area contributed by atoms with Crippen molar-refractivity contribution in [2.45, 2.75) is 32.3 Å². The average Bonchev–Trinajstić information content (AvgIpc) is 2.71. The average molecular weight is 367 g/mol. The zero-order valence-corrected chi connectivity index (χ0v) is 15.3. The maximum atomic E-state index is 13.0. The lowest BCUT2D eigenvalue weighted by Crippen LogP contribution is -2.40. The molecule has 27 heavy (non-hydrogen) atoms. The van der Waals surface area contributed by atoms with Crippen LogP contribution in [-0.4, -0.2) is 35.0 Å². The summed E-state index contributed by atoms with van der Waals surface area (Å²) in [5, 5.41) is 8.89. The van der Waals surface area contributed by atoms with Crippen molar-refractivity contribution in [1.82, 2.24) is 4.90 Å². The van der Waals surface area contributed by atoms with Crippen LogP contribution in [0.2, 0.25) is 0 Å². The van der Waals surface area contributed by atoms with Gasteiger partial charge < -0.3 is 14.7 Å². The lowest BCUT2D eigenvalue weighted by molar-refractivity contribution is -0.137. The molecule has 5 nitrogen and oxygen atoms in total. The number of carbonyl (C=O) groups is 2. The second-order valence-electron chi connectivity index (χ2n) is 6.96. The van der Waals surface area contributed by atoms with E-state index >= 15 is 0 Å². The van der Waals surface area contributed by atoms with Gasteiger partial charge in [0.2, 0.25) is 0 Å². The predicted molar refractivity (Wildman–Crippen MR) is 103 cm³/mol. The van der Waals surface area contributed by atoms with Gasteiger partial charge in [0.15, 0.2) is 0 Å². The van der Waals surface area contributed by atoms with Gasteiger partial charge in [0.25, 0.3) is 5.91 Å². The number of hydrogen-bond donors (Lipinski definition) is 1. The van der Waals surface area contributed by atoms with Crippen molar-refractivity contribution in [1.29, 1.82) is 0 Å². The summed E-state index contributed by atoms with van der Waals surface area (Å²) in [7, 11) is 0. The van der Waals surface area contributed by atoms with Gasteiger partial charge in [-0.05, 0) is 42.9 Å². The summed E-state index contributed by atoms with van der Waals surface area (Å²) in [6.45, 7) is 1.72. The summed E-state index contributed by atoms with van der Waals surface area (Å²) >= 11 is 0. The van der Waals surface area contributed by atoms with E-state index in [9.17, 15) is 9.59 Å². The monoisotopic (exact) mass is 367 g/mol. The Balaban J connectivity index is 1.66. The fraction of sp³-hybridized carbons (Fsp3) is 0.364. The lowest BCUT2D eigenvalue weighted by atomic mass is 9.93. The van der Waals surface area contributed by atoms with Crippen molar-refractivity contribution < 1.29 is 19.4 Å². The van der Waals surface area contributed by atoms with Crippen molar-refractivity contribution in [2.24, 2.45) is 5.92 Å². The first-order chi connectivity index (χ1) is 13.1. The summed E-state index contributed by atoms with van der Waals surface area (Å²) in [5.41, 5.74) is 1.61. The first kappa shape index (κ1) is 19.0. The number of likely N-dealkylation sites (tertiary alicyclic amines) is 1. The molecule has 142 valence electrons. The Kier molecular flexibility index (Phi) is 6.47. The topological polar surface area (TPSA) is 66.8 Å². The Labute approximate surface area is 159 Å². The first-order valence-electron chi connectivity index (χ1n) is 9.40. The lowest BCUT2D eigenvalue weighted by Gasteiger charge is -2.33. The number of amides is 1. The molecule has 1 heterocycles. The molecule has 1 fully saturated rings. The highest BCUT2D eigenvalue weighted by molar-refractivity contribution is 5.97. The molecule has 1 amide bonds. The molecule has 0 saturated carbocycles. The summed E-state index contributed by atoms with van der Waals surface area (Å²) in [6, 6.07) is 17.2. The van der Waals surface area contributed by atoms with Crippen LogP contribution in [0, 0.1) is 5.92 Å². The highest BCUT2D eigenvalue weighted by atomic mass is 16.5. The van der Waals surface area contributed by atoms with Crippen molar-refractivity contribution in [3.63, 3.8) is 0 Å². The van der Waals surface area contributed by atoms with Gasteiger partial charge in [-0.25, -0.2) is 0 Å². The molecule has 1 atom stereocenters. The van der Waals surface area contributed by atoms with Crippen LogP contribution in [0.1, 0.15) is 41.6 Å². The second kappa shape index (κ2) is 9.21. The van der Waals surface area contributed by atoms with Gasteiger partial charge >= 0.3 is 5.97 Å². The second-order valence-corrected chi connectivity index (χ2v) is 6.96. The van der Waals surface area contributed by atoms with Crippen molar-refractivity contribution in [2.75, 3.05) is 13.1 Å². The highest BCUT2D eigenvalue weighted by Gasteiger charge is 2.26. The molecular formula is C22H25NO4. The summed E-state index contributed by atoms with van der Waals surface area (Å²) in [4.78, 5) is 25.7. The third kappa shape index (κ3) is 5.33. The quantitative estimate of drug-likeness (QED) is 0.804. The number of benzene rings is 2. The van der Waals surface area contributed by atoms with Crippen LogP contribution in [0.5, 0.6) is 5.75 Å². The minimum absolute atomic E-state index is 0.0429. The van der Waals surface area contributed by atoms with Gasteiger partial charge in [0.1, 0.15) is 12.4 Å². The van der Waals surface area contributed by atoms with Gasteiger partial charge in [0, 0.05) is 19.5 Å². The van der Waals surface area contributed by atoms with E-state index in [1.807, 2.05) is 53.4 Å². The molecule has 3 rings (SSSR count). The van der Waals surface area contributed by atoms with Crippen LogP contribution >= 0.6 is 0 Å². The van der Waals surface area contributed by atoms with Gasteiger partial charge in [-0.15, -0.1) is 0 Å². The molecule has 0 aliphatic carbocycles. The molecule has 2 aromatic carbocycles. The number of carboxylic acid groups (broad SMARTS) is 1. The number of rotatable bonds is 7. The summed E-state index contributed by atoms with van der Waals surface area (Å²) in [6.07, 6.45) is 2.65. The van der Waals surface area contributed by atoms with Crippen LogP contribution in [0.15, 0.2) is 54.6 Å². The molecular weight excluding hydrogens is 342 g/mol. The van der Waals surface area contributed by atoms with E-state index in [1.54, 1.807) is 6.07 Å². The maximum Gasteiger partial charge on any atom is 0.303 e. The highest BCUT2D eigenvalue weighted by Crippen LogP contribution is 2.26. The minimum atomic E-state index is -0.780. The molecule has 0 radical (unpaired) electrons. The zero-order chi connectivity index (χ0) is 19.1. The number of ether oxygens (including phenoxy) is 1. The van der Waals surface area contributed by atoms with Crippen LogP contribution in [0.25, 0.3) is 0 Å². The molecule has 1 aliphatic rings. The number of aliphatic carboxylic acids is 1. The Morgan fingerprint density at radius 1 is 1.07 bits per heavy atom. The Hall–Kier alpha value is -2.82. The van der Waals surface area contributed by atoms with Crippen LogP contribution in [0.3, 0.4) is 0 Å². The molecule has 1 N–H and O–H groups in total. The largest absolute Gasteiger partial charge is 0.488 e. The van der Waals surface area contributed by atoms with Gasteiger partial charge in [0.05, 0.1) is 5.56 Å². The number of para-hydroxylation sites is 1. The SMILES string of the molecule is O=C(O)CC[C@H]1CCCN(C(=O)c2ccccc2OCc2ccccc2)C1. The zero-order valence-electron chi connectivity index (χ0n) is 15.3. The molecule has 1 aliphatic heterocycles. The Bertz CT molecular complexity index is 775. The van der Waals surface area contributed by atoms with E-state index < -0.39 is 5.97 Å². The molecule has 5 heteroatoms. The van der Waals surface area contributed by atoms with Crippen molar-refractivity contribution >= 4 is 11.9 Å². The third-order valence-corrected chi connectivity index (χ3v) is 4.93. The number of piperidine rings is 1. The van der Waals surface area contributed by atoms with E-state index in [2.05, 4.69) is 0 Å². The molecule has 2 aromatic rings. The molecule has 0 bridgehead atoms. The number of carbonyl (C=O) groups excluding carboxylic acids is 1. The first-order valence-corrected chi connectivity index (χ1v) is 9.40. The van der Waals surface area contributed by atoms with Gasteiger partial charge in [-0.2, -0.15) is 0 Å². The van der Waals surface area contributed by atoms with E-state index in [0.29, 0.717) is 37.4 Å². The molecule has 0 spiro atoms. The van der Waals surface area contributed by atoms with E-state index in [0.717, 1.165) is 18.4 Å². The maximum absolute atomic E-state index is 13.0. The van der Waals surface area contributed by atoms with Gasteiger partial charge in [-0.3, -0.25) is 9.59 Å². The van der Waals surface area contributed by atoms with Crippen LogP contribution in [0.4, 0.5) is 0 Å². The number of hydrogen-bond acceptors (Lipinski definition) is 3. The fourth-order valence-electron chi connectivity index (χ4n) is 3.49. The third-order valence-electron chi connectivity index (χ3n) is 4.93. The van der Waals surface area contributed by atoms with Crippen molar-refractivity contribution in [3.8, 4) is 5.75 Å². The summed E-state index contributed by atoms with van der Waals surface area (Å²) in [5.74, 6) is 0.00649. The molecule has 1 saturated heterocycles. The smallest absolute Gasteiger partial charge is 0.303 e. The van der Waals surface area contributed by atoms with E-state index in [-0.39, 0.29) is 18.2 Å². The fourth-order valence-corrected chi connectivity index (χ4v) is 3.49. The summed E-state index contributed by atoms with van der Waals surface area (Å²) < 4.78 is 5.92. The normalized spacial score (nSPS) is 16.7. The standard InChI is InChI=1S/C22H25NO4/c24-21(25)13-12-17-9-6-14-23(15-17)22(26)19-10-4-5-11-20(19)27-16-18-7-2-1-3-8-18/h1-5,7-8,10-11,17H,6,9,12-16H2,(H,24,25)/t17-/m1/s1.